The van der Waals surface area contributed by atoms with Crippen LogP contribution in [0.25, 0.3) is 16.6 Å². The van der Waals surface area contributed by atoms with E-state index in [-0.39, 0.29) is 17.1 Å². The first-order valence-corrected chi connectivity index (χ1v) is 12.7. The molecule has 0 spiro atoms. The summed E-state index contributed by atoms with van der Waals surface area (Å²) in [5.41, 5.74) is 3.01. The van der Waals surface area contributed by atoms with Gasteiger partial charge in [0.1, 0.15) is 5.69 Å². The SMILES string of the molecule is CC1CN(C2(C)COCC2O)CCN1c1cc2c(cnn2-c2cnn(C34CC(C3)C4)c2)cc1Cl. The molecule has 180 valence electrons. The minimum Gasteiger partial charge on any atom is -0.389 e. The van der Waals surface area contributed by atoms with Gasteiger partial charge in [0.25, 0.3) is 0 Å². The lowest BCUT2D eigenvalue weighted by Crippen LogP contribution is -2.63. The maximum Gasteiger partial charge on any atom is 0.103 e. The highest BCUT2D eigenvalue weighted by Gasteiger charge is 2.58. The zero-order valence-corrected chi connectivity index (χ0v) is 20.4. The number of aromatic nitrogens is 4. The van der Waals surface area contributed by atoms with Gasteiger partial charge in [-0.15, -0.1) is 0 Å². The van der Waals surface area contributed by atoms with Crippen LogP contribution in [0.5, 0.6) is 0 Å². The molecule has 8 nitrogen and oxygen atoms in total. The second-order valence-electron chi connectivity index (χ2n) is 11.1. The molecule has 4 heterocycles. The fourth-order valence-corrected chi connectivity index (χ4v) is 6.87. The van der Waals surface area contributed by atoms with Crippen LogP contribution in [-0.2, 0) is 10.3 Å². The van der Waals surface area contributed by atoms with Gasteiger partial charge in [0, 0.05) is 31.1 Å². The average molecular weight is 483 g/mol. The van der Waals surface area contributed by atoms with Crippen LogP contribution in [-0.4, -0.2) is 80.1 Å². The third kappa shape index (κ3) is 2.89. The lowest BCUT2D eigenvalue weighted by atomic mass is 9.50. The van der Waals surface area contributed by atoms with E-state index in [1.807, 2.05) is 23.1 Å². The van der Waals surface area contributed by atoms with Crippen LogP contribution in [0.4, 0.5) is 5.69 Å². The molecule has 8 rings (SSSR count). The highest BCUT2D eigenvalue weighted by molar-refractivity contribution is 6.34. The summed E-state index contributed by atoms with van der Waals surface area (Å²) in [6, 6.07) is 4.44. The Morgan fingerprint density at radius 3 is 2.65 bits per heavy atom. The molecule has 0 radical (unpaired) electrons. The Balaban J connectivity index is 1.18. The predicted octanol–water partition coefficient (Wildman–Crippen LogP) is 3.04. The van der Waals surface area contributed by atoms with E-state index in [4.69, 9.17) is 21.4 Å². The summed E-state index contributed by atoms with van der Waals surface area (Å²) in [5.74, 6) is 0.914. The predicted molar refractivity (Wildman–Crippen MR) is 131 cm³/mol. The number of nitrogens with zero attached hydrogens (tertiary/aromatic N) is 6. The highest BCUT2D eigenvalue weighted by atomic mass is 35.5. The van der Waals surface area contributed by atoms with Crippen molar-refractivity contribution in [3.05, 3.63) is 35.7 Å². The molecule has 9 heteroatoms. The number of benzene rings is 1. The van der Waals surface area contributed by atoms with Crippen molar-refractivity contribution in [1.82, 2.24) is 24.5 Å². The van der Waals surface area contributed by atoms with E-state index in [1.165, 1.54) is 19.3 Å². The van der Waals surface area contributed by atoms with Gasteiger partial charge in [-0.1, -0.05) is 11.6 Å². The van der Waals surface area contributed by atoms with Crippen LogP contribution < -0.4 is 4.90 Å². The number of fused-ring (bicyclic) bond motifs is 1. The summed E-state index contributed by atoms with van der Waals surface area (Å²) in [6.45, 7) is 7.86. The molecular weight excluding hydrogens is 452 g/mol. The average Bonchev–Trinajstić information content (AvgIpc) is 3.45. The van der Waals surface area contributed by atoms with Crippen molar-refractivity contribution in [2.75, 3.05) is 37.7 Å². The van der Waals surface area contributed by atoms with Crippen LogP contribution in [0, 0.1) is 5.92 Å². The molecule has 1 N–H and O–H groups in total. The lowest BCUT2D eigenvalue weighted by molar-refractivity contribution is -0.0977. The Bertz CT molecular complexity index is 1250. The van der Waals surface area contributed by atoms with Crippen molar-refractivity contribution >= 4 is 28.2 Å². The number of piperazine rings is 1. The van der Waals surface area contributed by atoms with Crippen LogP contribution in [0.3, 0.4) is 0 Å². The maximum atomic E-state index is 10.5. The molecule has 2 aliphatic heterocycles. The van der Waals surface area contributed by atoms with Crippen molar-refractivity contribution in [3.8, 4) is 5.69 Å². The van der Waals surface area contributed by atoms with Crippen molar-refractivity contribution < 1.29 is 9.84 Å². The molecule has 0 amide bonds. The summed E-state index contributed by atoms with van der Waals surface area (Å²) < 4.78 is 9.73. The van der Waals surface area contributed by atoms with E-state index in [0.29, 0.717) is 13.2 Å². The minimum atomic E-state index is -0.452. The third-order valence-electron chi connectivity index (χ3n) is 8.99. The Morgan fingerprint density at radius 2 is 1.97 bits per heavy atom. The van der Waals surface area contributed by atoms with E-state index in [0.717, 1.165) is 52.9 Å². The van der Waals surface area contributed by atoms with Crippen LogP contribution in [0.15, 0.2) is 30.7 Å². The largest absolute Gasteiger partial charge is 0.389 e. The number of halogens is 1. The number of hydrogen-bond donors (Lipinski definition) is 1. The topological polar surface area (TPSA) is 71.6 Å². The van der Waals surface area contributed by atoms with Crippen LogP contribution in [0.2, 0.25) is 5.02 Å². The van der Waals surface area contributed by atoms with Gasteiger partial charge in [-0.3, -0.25) is 9.58 Å². The standard InChI is InChI=1S/C25H31ClN6O2/c1-16-12-29(24(2)15-34-14-23(24)33)3-4-30(16)22-6-21-18(5-20(22)26)10-28-32(21)19-11-27-31(13-19)25-7-17(8-25)9-25/h5-6,10-11,13,16-17,23,33H,3-4,7-9,12,14-15H2,1-2H3. The summed E-state index contributed by atoms with van der Waals surface area (Å²) in [6.07, 6.45) is 9.30. The minimum absolute atomic E-state index is 0.247. The number of anilines is 1. The fraction of sp³-hybridized carbons (Fsp3) is 0.600. The van der Waals surface area contributed by atoms with E-state index in [1.54, 1.807) is 0 Å². The van der Waals surface area contributed by atoms with Gasteiger partial charge in [0.2, 0.25) is 0 Å². The molecule has 2 bridgehead atoms. The summed E-state index contributed by atoms with van der Waals surface area (Å²) in [4.78, 5) is 4.76. The molecule has 3 atom stereocenters. The fourth-order valence-electron chi connectivity index (χ4n) is 6.59. The van der Waals surface area contributed by atoms with E-state index in [9.17, 15) is 5.11 Å². The van der Waals surface area contributed by atoms with Crippen molar-refractivity contribution in [1.29, 1.82) is 0 Å². The van der Waals surface area contributed by atoms with Gasteiger partial charge in [-0.2, -0.15) is 10.2 Å². The van der Waals surface area contributed by atoms with Crippen LogP contribution >= 0.6 is 11.6 Å². The first-order chi connectivity index (χ1) is 16.4. The van der Waals surface area contributed by atoms with E-state index in [2.05, 4.69) is 45.7 Å². The number of aliphatic hydroxyl groups is 1. The van der Waals surface area contributed by atoms with Crippen molar-refractivity contribution in [3.63, 3.8) is 0 Å². The number of ether oxygens (including phenoxy) is 1. The molecule has 3 aromatic rings. The van der Waals surface area contributed by atoms with Gasteiger partial charge in [-0.05, 0) is 51.2 Å². The zero-order valence-electron chi connectivity index (χ0n) is 19.7. The van der Waals surface area contributed by atoms with E-state index >= 15 is 0 Å². The lowest BCUT2D eigenvalue weighted by Gasteiger charge is -2.61. The molecule has 1 aromatic carbocycles. The number of rotatable bonds is 4. The molecule has 3 saturated carbocycles. The zero-order chi connectivity index (χ0) is 23.2. The number of hydrogen-bond acceptors (Lipinski definition) is 6. The normalized spacial score (nSPS) is 35.5. The molecule has 2 aromatic heterocycles. The van der Waals surface area contributed by atoms with Crippen molar-refractivity contribution in [2.45, 2.75) is 56.3 Å². The Hall–Kier alpha value is -2.13. The maximum absolute atomic E-state index is 10.5. The molecule has 3 aliphatic carbocycles. The second-order valence-corrected chi connectivity index (χ2v) is 11.5. The van der Waals surface area contributed by atoms with Gasteiger partial charge in [-0.25, -0.2) is 4.68 Å². The molecular formula is C25H31ClN6O2. The summed E-state index contributed by atoms with van der Waals surface area (Å²) in [5, 5.41) is 21.6. The second kappa shape index (κ2) is 7.20. The number of aliphatic hydroxyl groups excluding tert-OH is 1. The molecule has 34 heavy (non-hydrogen) atoms. The van der Waals surface area contributed by atoms with Gasteiger partial charge in [0.15, 0.2) is 0 Å². The molecule has 5 fully saturated rings. The quantitative estimate of drug-likeness (QED) is 0.616. The Labute approximate surface area is 204 Å². The monoisotopic (exact) mass is 482 g/mol. The van der Waals surface area contributed by atoms with Crippen molar-refractivity contribution in [2.24, 2.45) is 5.92 Å². The first-order valence-electron chi connectivity index (χ1n) is 12.4. The third-order valence-corrected chi connectivity index (χ3v) is 9.29. The van der Waals surface area contributed by atoms with Crippen LogP contribution in [0.1, 0.15) is 33.1 Å². The van der Waals surface area contributed by atoms with Gasteiger partial charge < -0.3 is 14.7 Å². The molecule has 3 unspecified atom stereocenters. The van der Waals surface area contributed by atoms with Gasteiger partial charge in [0.05, 0.1) is 65.2 Å². The summed E-state index contributed by atoms with van der Waals surface area (Å²) >= 11 is 6.80. The Morgan fingerprint density at radius 1 is 1.15 bits per heavy atom. The smallest absolute Gasteiger partial charge is 0.103 e. The molecule has 5 aliphatic rings. The van der Waals surface area contributed by atoms with Gasteiger partial charge >= 0.3 is 0 Å². The van der Waals surface area contributed by atoms with E-state index < -0.39 is 6.10 Å². The summed E-state index contributed by atoms with van der Waals surface area (Å²) in [7, 11) is 0. The molecule has 2 saturated heterocycles. The first kappa shape index (κ1) is 21.2. The highest BCUT2D eigenvalue weighted by Crippen LogP contribution is 2.62. The Kier molecular flexibility index (Phi) is 4.48.